The Labute approximate surface area is 138 Å². The first-order valence-corrected chi connectivity index (χ1v) is 8.21. The Morgan fingerprint density at radius 1 is 1.24 bits per heavy atom. The van der Waals surface area contributed by atoms with Crippen molar-refractivity contribution in [1.82, 2.24) is 5.32 Å². The van der Waals surface area contributed by atoms with Gasteiger partial charge in [-0.3, -0.25) is 4.79 Å². The Morgan fingerprint density at radius 3 is 2.29 bits per heavy atom. The van der Waals surface area contributed by atoms with Crippen molar-refractivity contribution < 1.29 is 4.79 Å². The van der Waals surface area contributed by atoms with Crippen LogP contribution in [0.3, 0.4) is 0 Å². The van der Waals surface area contributed by atoms with Gasteiger partial charge in [-0.15, -0.1) is 24.2 Å². The van der Waals surface area contributed by atoms with Crippen molar-refractivity contribution in [2.45, 2.75) is 55.7 Å². The Kier molecular flexibility index (Phi) is 9.75. The third-order valence-corrected chi connectivity index (χ3v) is 5.08. The molecule has 0 aliphatic heterocycles. The van der Waals surface area contributed by atoms with E-state index >= 15 is 0 Å². The van der Waals surface area contributed by atoms with Crippen molar-refractivity contribution in [1.29, 1.82) is 0 Å². The lowest BCUT2D eigenvalue weighted by molar-refractivity contribution is -0.120. The van der Waals surface area contributed by atoms with Crippen molar-refractivity contribution in [3.63, 3.8) is 0 Å². The van der Waals surface area contributed by atoms with E-state index in [4.69, 9.17) is 5.73 Å². The standard InChI is InChI=1S/C16H26N2OS.ClH/c1-4-14(20-13-10-8-7-9-11-13)15(19)18-12-16(17,5-2)6-3;/h7-11,14H,4-6,12,17H2,1-3H3,(H,18,19);1H. The average molecular weight is 331 g/mol. The number of benzene rings is 1. The van der Waals surface area contributed by atoms with Crippen LogP contribution >= 0.6 is 24.2 Å². The predicted molar refractivity (Wildman–Crippen MR) is 94.1 cm³/mol. The zero-order valence-corrected chi connectivity index (χ0v) is 14.7. The first kappa shape index (κ1) is 20.3. The van der Waals surface area contributed by atoms with Gasteiger partial charge in [0.2, 0.25) is 5.91 Å². The number of nitrogens with one attached hydrogen (secondary N) is 1. The highest BCUT2D eigenvalue weighted by Gasteiger charge is 2.24. The molecule has 0 radical (unpaired) electrons. The van der Waals surface area contributed by atoms with E-state index in [1.807, 2.05) is 37.3 Å². The van der Waals surface area contributed by atoms with Gasteiger partial charge in [-0.05, 0) is 31.4 Å². The van der Waals surface area contributed by atoms with Crippen LogP contribution in [0.5, 0.6) is 0 Å². The fourth-order valence-corrected chi connectivity index (χ4v) is 2.86. The van der Waals surface area contributed by atoms with E-state index in [9.17, 15) is 4.79 Å². The summed E-state index contributed by atoms with van der Waals surface area (Å²) in [5, 5.41) is 2.95. The summed E-state index contributed by atoms with van der Waals surface area (Å²) in [5.41, 5.74) is 5.93. The minimum atomic E-state index is -0.286. The van der Waals surface area contributed by atoms with Crippen LogP contribution in [-0.2, 0) is 4.79 Å². The molecule has 1 unspecified atom stereocenters. The Bertz CT molecular complexity index is 410. The van der Waals surface area contributed by atoms with Gasteiger partial charge in [0.1, 0.15) is 0 Å². The molecule has 0 spiro atoms. The maximum absolute atomic E-state index is 12.3. The number of carbonyl (C=O) groups excluding carboxylic acids is 1. The third kappa shape index (κ3) is 6.72. The largest absolute Gasteiger partial charge is 0.353 e. The zero-order valence-electron chi connectivity index (χ0n) is 13.1. The minimum absolute atomic E-state index is 0. The fraction of sp³-hybridized carbons (Fsp3) is 0.562. The predicted octanol–water partition coefficient (Wildman–Crippen LogP) is 3.61. The molecule has 3 N–H and O–H groups in total. The number of carbonyl (C=O) groups is 1. The Balaban J connectivity index is 0.00000400. The Hall–Kier alpha value is -0.710. The van der Waals surface area contributed by atoms with E-state index in [1.54, 1.807) is 11.8 Å². The molecule has 120 valence electrons. The lowest BCUT2D eigenvalue weighted by Crippen LogP contribution is -2.50. The van der Waals surface area contributed by atoms with Gasteiger partial charge in [0.05, 0.1) is 5.25 Å². The SMILES string of the molecule is CCC(Sc1ccccc1)C(=O)NCC(N)(CC)CC.Cl. The highest BCUT2D eigenvalue weighted by molar-refractivity contribution is 8.00. The van der Waals surface area contributed by atoms with Crippen LogP contribution in [0.15, 0.2) is 35.2 Å². The summed E-state index contributed by atoms with van der Waals surface area (Å²) in [6.07, 6.45) is 2.54. The third-order valence-electron chi connectivity index (χ3n) is 3.71. The molecule has 0 aliphatic rings. The average Bonchev–Trinajstić information content (AvgIpc) is 2.51. The van der Waals surface area contributed by atoms with Gasteiger partial charge in [-0.2, -0.15) is 0 Å². The molecule has 1 aromatic carbocycles. The molecule has 0 aromatic heterocycles. The minimum Gasteiger partial charge on any atom is -0.353 e. The van der Waals surface area contributed by atoms with Gasteiger partial charge in [-0.1, -0.05) is 39.0 Å². The molecular formula is C16H27ClN2OS. The molecule has 5 heteroatoms. The van der Waals surface area contributed by atoms with Gasteiger partial charge < -0.3 is 11.1 Å². The first-order chi connectivity index (χ1) is 9.54. The van der Waals surface area contributed by atoms with Gasteiger partial charge >= 0.3 is 0 Å². The molecule has 21 heavy (non-hydrogen) atoms. The molecule has 0 fully saturated rings. The zero-order chi connectivity index (χ0) is 15.0. The van der Waals surface area contributed by atoms with Crippen LogP contribution in [0, 0.1) is 0 Å². The summed E-state index contributed by atoms with van der Waals surface area (Å²) in [4.78, 5) is 13.4. The normalized spacial score (nSPS) is 12.4. The number of rotatable bonds is 8. The molecule has 3 nitrogen and oxygen atoms in total. The van der Waals surface area contributed by atoms with E-state index in [-0.39, 0.29) is 29.1 Å². The number of hydrogen-bond acceptors (Lipinski definition) is 3. The summed E-state index contributed by atoms with van der Waals surface area (Å²) in [6, 6.07) is 10.0. The van der Waals surface area contributed by atoms with E-state index in [1.165, 1.54) is 0 Å². The lowest BCUT2D eigenvalue weighted by atomic mass is 9.94. The maximum atomic E-state index is 12.3. The topological polar surface area (TPSA) is 55.1 Å². The highest BCUT2D eigenvalue weighted by atomic mass is 35.5. The number of hydrogen-bond donors (Lipinski definition) is 2. The second kappa shape index (κ2) is 10.1. The van der Waals surface area contributed by atoms with Crippen LogP contribution in [0.2, 0.25) is 0 Å². The van der Waals surface area contributed by atoms with Gasteiger partial charge in [0.15, 0.2) is 0 Å². The van der Waals surface area contributed by atoms with Crippen molar-refractivity contribution in [2.24, 2.45) is 5.73 Å². The highest BCUT2D eigenvalue weighted by Crippen LogP contribution is 2.25. The van der Waals surface area contributed by atoms with Gasteiger partial charge in [-0.25, -0.2) is 0 Å². The summed E-state index contributed by atoms with van der Waals surface area (Å²) < 4.78 is 0. The second-order valence-electron chi connectivity index (χ2n) is 5.12. The molecule has 1 rings (SSSR count). The van der Waals surface area contributed by atoms with Crippen LogP contribution in [0.25, 0.3) is 0 Å². The molecular weight excluding hydrogens is 304 g/mol. The van der Waals surface area contributed by atoms with E-state index in [2.05, 4.69) is 19.2 Å². The fourth-order valence-electron chi connectivity index (χ4n) is 1.86. The number of amides is 1. The molecule has 0 aliphatic carbocycles. The lowest BCUT2D eigenvalue weighted by Gasteiger charge is -2.27. The van der Waals surface area contributed by atoms with Crippen LogP contribution in [-0.4, -0.2) is 23.2 Å². The van der Waals surface area contributed by atoms with E-state index in [0.29, 0.717) is 6.54 Å². The molecule has 0 bridgehead atoms. The first-order valence-electron chi connectivity index (χ1n) is 7.33. The maximum Gasteiger partial charge on any atom is 0.233 e. The van der Waals surface area contributed by atoms with Crippen molar-refractivity contribution >= 4 is 30.1 Å². The number of thioether (sulfide) groups is 1. The molecule has 1 atom stereocenters. The monoisotopic (exact) mass is 330 g/mol. The molecule has 0 saturated heterocycles. The molecule has 1 aromatic rings. The van der Waals surface area contributed by atoms with Crippen molar-refractivity contribution in [2.75, 3.05) is 6.54 Å². The second-order valence-corrected chi connectivity index (χ2v) is 6.39. The summed E-state index contributed by atoms with van der Waals surface area (Å²) in [6.45, 7) is 6.71. The van der Waals surface area contributed by atoms with Crippen LogP contribution in [0.1, 0.15) is 40.0 Å². The Morgan fingerprint density at radius 2 is 1.81 bits per heavy atom. The van der Waals surface area contributed by atoms with Crippen molar-refractivity contribution in [3.05, 3.63) is 30.3 Å². The smallest absolute Gasteiger partial charge is 0.233 e. The van der Waals surface area contributed by atoms with Crippen LogP contribution in [0.4, 0.5) is 0 Å². The summed E-state index contributed by atoms with van der Waals surface area (Å²) in [7, 11) is 0. The molecule has 0 saturated carbocycles. The van der Waals surface area contributed by atoms with Gasteiger partial charge in [0, 0.05) is 17.0 Å². The molecule has 0 heterocycles. The summed E-state index contributed by atoms with van der Waals surface area (Å²) in [5.74, 6) is 0.0816. The van der Waals surface area contributed by atoms with E-state index in [0.717, 1.165) is 24.2 Å². The summed E-state index contributed by atoms with van der Waals surface area (Å²) >= 11 is 1.61. The van der Waals surface area contributed by atoms with Gasteiger partial charge in [0.25, 0.3) is 0 Å². The quantitative estimate of drug-likeness (QED) is 0.716. The van der Waals surface area contributed by atoms with Crippen molar-refractivity contribution in [3.8, 4) is 0 Å². The number of nitrogens with two attached hydrogens (primary N) is 1. The molecule has 1 amide bonds. The van der Waals surface area contributed by atoms with Crippen LogP contribution < -0.4 is 11.1 Å². The van der Waals surface area contributed by atoms with E-state index < -0.39 is 0 Å². The number of halogens is 1.